The van der Waals surface area contributed by atoms with E-state index in [-0.39, 0.29) is 18.5 Å². The Kier molecular flexibility index (Phi) is 51.6. The molecule has 0 bridgehead atoms. The molecule has 0 saturated heterocycles. The summed E-state index contributed by atoms with van der Waals surface area (Å²) in [6.45, 7) is 4.83. The number of amides is 1. The van der Waals surface area contributed by atoms with Crippen molar-refractivity contribution >= 4 is 11.9 Å². The molecule has 6 nitrogen and oxygen atoms in total. The molecule has 0 aromatic heterocycles. The average molecular weight is 898 g/mol. The van der Waals surface area contributed by atoms with Crippen molar-refractivity contribution in [2.75, 3.05) is 13.2 Å². The van der Waals surface area contributed by atoms with Gasteiger partial charge in [0.1, 0.15) is 0 Å². The zero-order valence-corrected chi connectivity index (χ0v) is 42.5. The average Bonchev–Trinajstić information content (AvgIpc) is 3.29. The third-order valence-corrected chi connectivity index (χ3v) is 12.6. The number of esters is 1. The summed E-state index contributed by atoms with van der Waals surface area (Å²) in [5, 5.41) is 22.9. The highest BCUT2D eigenvalue weighted by atomic mass is 16.5. The van der Waals surface area contributed by atoms with E-state index in [0.29, 0.717) is 19.4 Å². The maximum atomic E-state index is 12.4. The van der Waals surface area contributed by atoms with E-state index in [2.05, 4.69) is 55.6 Å². The van der Waals surface area contributed by atoms with E-state index < -0.39 is 12.1 Å². The van der Waals surface area contributed by atoms with Gasteiger partial charge in [-0.15, -0.1) is 0 Å². The molecular formula is C58H107NO5. The van der Waals surface area contributed by atoms with Gasteiger partial charge in [-0.3, -0.25) is 9.59 Å². The molecule has 3 N–H and O–H groups in total. The van der Waals surface area contributed by atoms with Crippen molar-refractivity contribution < 1.29 is 24.5 Å². The van der Waals surface area contributed by atoms with Gasteiger partial charge >= 0.3 is 5.97 Å². The van der Waals surface area contributed by atoms with Crippen LogP contribution in [0.3, 0.4) is 0 Å². The Balaban J connectivity index is 3.48. The van der Waals surface area contributed by atoms with E-state index in [1.165, 1.54) is 180 Å². The van der Waals surface area contributed by atoms with Gasteiger partial charge in [-0.05, 0) is 89.9 Å². The smallest absolute Gasteiger partial charge is 0.305 e. The summed E-state index contributed by atoms with van der Waals surface area (Å²) in [5.74, 6) is -0.0987. The fourth-order valence-electron chi connectivity index (χ4n) is 8.26. The standard InChI is InChI=1S/C58H107NO5/c1-3-5-7-9-11-13-15-16-17-18-23-26-29-32-36-40-44-48-52-58(63)64-53-49-45-41-37-33-30-27-24-21-19-20-22-25-28-31-35-39-43-47-51-57(62)59-55(54-60)56(61)50-46-42-38-34-14-12-10-8-6-4-2/h17-18,24,27,30,33,46,50,55-56,60-61H,3-16,19-23,25-26,28-29,31-32,34-45,47-49,51-54H2,1-2H3,(H,59,62)/b18-17-,27-24-,33-30-,50-46+. The molecule has 0 rings (SSSR count). The lowest BCUT2D eigenvalue weighted by Crippen LogP contribution is -2.45. The maximum Gasteiger partial charge on any atom is 0.305 e. The van der Waals surface area contributed by atoms with Crippen LogP contribution in [0.1, 0.15) is 284 Å². The lowest BCUT2D eigenvalue weighted by Gasteiger charge is -2.20. The second-order valence-electron chi connectivity index (χ2n) is 18.9. The van der Waals surface area contributed by atoms with Gasteiger partial charge in [0.2, 0.25) is 5.91 Å². The maximum absolute atomic E-state index is 12.4. The highest BCUT2D eigenvalue weighted by Gasteiger charge is 2.18. The summed E-state index contributed by atoms with van der Waals surface area (Å²) < 4.78 is 5.46. The SMILES string of the molecule is CCCCCCCCC/C=C\CCCCCCCCCC(=O)OCCCCC/C=C\C=C/CCCCCCCCCCCCC(=O)NC(CO)C(O)/C=C/CCCCCCCCCC. The van der Waals surface area contributed by atoms with E-state index in [1.54, 1.807) is 6.08 Å². The number of unbranched alkanes of at least 4 members (excludes halogenated alkanes) is 35. The molecule has 64 heavy (non-hydrogen) atoms. The van der Waals surface area contributed by atoms with Crippen LogP contribution in [0.2, 0.25) is 0 Å². The molecule has 0 aliphatic carbocycles. The first-order valence-electron chi connectivity index (χ1n) is 27.9. The number of ether oxygens (including phenoxy) is 1. The Labute approximate surface area is 397 Å². The van der Waals surface area contributed by atoms with E-state index in [4.69, 9.17) is 4.74 Å². The minimum Gasteiger partial charge on any atom is -0.466 e. The van der Waals surface area contributed by atoms with E-state index in [0.717, 1.165) is 77.0 Å². The molecule has 1 amide bonds. The van der Waals surface area contributed by atoms with Gasteiger partial charge in [0.25, 0.3) is 0 Å². The summed E-state index contributed by atoms with van der Waals surface area (Å²) >= 11 is 0. The summed E-state index contributed by atoms with van der Waals surface area (Å²) in [4.78, 5) is 24.4. The third kappa shape index (κ3) is 49.3. The largest absolute Gasteiger partial charge is 0.466 e. The molecule has 6 heteroatoms. The molecular weight excluding hydrogens is 791 g/mol. The van der Waals surface area contributed by atoms with E-state index in [1.807, 2.05) is 6.08 Å². The topological polar surface area (TPSA) is 95.9 Å². The minimum absolute atomic E-state index is 0.0178. The normalized spacial score (nSPS) is 13.0. The van der Waals surface area contributed by atoms with Gasteiger partial charge < -0.3 is 20.3 Å². The van der Waals surface area contributed by atoms with Gasteiger partial charge in [0, 0.05) is 12.8 Å². The number of carbonyl (C=O) groups excluding carboxylic acids is 2. The minimum atomic E-state index is -0.850. The van der Waals surface area contributed by atoms with Crippen molar-refractivity contribution in [2.24, 2.45) is 0 Å². The van der Waals surface area contributed by atoms with Crippen molar-refractivity contribution in [3.63, 3.8) is 0 Å². The van der Waals surface area contributed by atoms with Crippen LogP contribution in [0.5, 0.6) is 0 Å². The highest BCUT2D eigenvalue weighted by Crippen LogP contribution is 2.15. The van der Waals surface area contributed by atoms with Crippen LogP contribution in [-0.2, 0) is 14.3 Å². The molecule has 0 radical (unpaired) electrons. The summed E-state index contributed by atoms with van der Waals surface area (Å²) in [7, 11) is 0. The van der Waals surface area contributed by atoms with Crippen molar-refractivity contribution in [1.29, 1.82) is 0 Å². The van der Waals surface area contributed by atoms with Crippen LogP contribution in [0.25, 0.3) is 0 Å². The van der Waals surface area contributed by atoms with Crippen molar-refractivity contribution in [2.45, 2.75) is 296 Å². The molecule has 0 fully saturated rings. The van der Waals surface area contributed by atoms with Gasteiger partial charge in [-0.25, -0.2) is 0 Å². The fourth-order valence-corrected chi connectivity index (χ4v) is 8.26. The van der Waals surface area contributed by atoms with Crippen molar-refractivity contribution in [1.82, 2.24) is 5.32 Å². The van der Waals surface area contributed by atoms with Gasteiger partial charge in [0.15, 0.2) is 0 Å². The summed E-state index contributed by atoms with van der Waals surface area (Å²) in [6.07, 6.45) is 67.1. The molecule has 374 valence electrons. The van der Waals surface area contributed by atoms with Gasteiger partial charge in [-0.1, -0.05) is 229 Å². The Bertz CT molecular complexity index is 1080. The Hall–Kier alpha value is -2.18. The molecule has 0 aliphatic rings. The lowest BCUT2D eigenvalue weighted by molar-refractivity contribution is -0.143. The second kappa shape index (κ2) is 53.4. The first kappa shape index (κ1) is 61.8. The predicted octanol–water partition coefficient (Wildman–Crippen LogP) is 17.0. The monoisotopic (exact) mass is 898 g/mol. The van der Waals surface area contributed by atoms with Crippen LogP contribution in [0.4, 0.5) is 0 Å². The molecule has 0 saturated carbocycles. The predicted molar refractivity (Wildman–Crippen MR) is 278 cm³/mol. The number of aliphatic hydroxyl groups excluding tert-OH is 2. The summed E-state index contributed by atoms with van der Waals surface area (Å²) in [5.41, 5.74) is 0. The highest BCUT2D eigenvalue weighted by molar-refractivity contribution is 5.76. The number of hydrogen-bond donors (Lipinski definition) is 3. The van der Waals surface area contributed by atoms with Crippen molar-refractivity contribution in [3.8, 4) is 0 Å². The van der Waals surface area contributed by atoms with Gasteiger partial charge in [-0.2, -0.15) is 0 Å². The number of rotatable bonds is 51. The molecule has 0 aromatic rings. The molecule has 2 atom stereocenters. The van der Waals surface area contributed by atoms with Crippen molar-refractivity contribution in [3.05, 3.63) is 48.6 Å². The molecule has 0 heterocycles. The van der Waals surface area contributed by atoms with Crippen LogP contribution >= 0.6 is 0 Å². The third-order valence-electron chi connectivity index (χ3n) is 12.6. The van der Waals surface area contributed by atoms with Crippen LogP contribution in [0.15, 0.2) is 48.6 Å². The molecule has 0 spiro atoms. The van der Waals surface area contributed by atoms with E-state index in [9.17, 15) is 19.8 Å². The first-order chi connectivity index (χ1) is 31.5. The Morgan fingerprint density at radius 2 is 0.781 bits per heavy atom. The molecule has 0 aliphatic heterocycles. The molecule has 0 aromatic carbocycles. The first-order valence-corrected chi connectivity index (χ1v) is 27.9. The van der Waals surface area contributed by atoms with Crippen LogP contribution in [0, 0.1) is 0 Å². The van der Waals surface area contributed by atoms with Crippen LogP contribution < -0.4 is 5.32 Å². The zero-order chi connectivity index (χ0) is 46.5. The van der Waals surface area contributed by atoms with Crippen LogP contribution in [-0.4, -0.2) is 47.4 Å². The summed E-state index contributed by atoms with van der Waals surface area (Å²) in [6, 6.07) is -0.634. The molecule has 2 unspecified atom stereocenters. The Morgan fingerprint density at radius 1 is 0.438 bits per heavy atom. The number of nitrogens with one attached hydrogen (secondary N) is 1. The number of carbonyl (C=O) groups is 2. The number of aliphatic hydroxyl groups is 2. The quantitative estimate of drug-likeness (QED) is 0.0245. The van der Waals surface area contributed by atoms with Gasteiger partial charge in [0.05, 0.1) is 25.4 Å². The Morgan fingerprint density at radius 3 is 1.20 bits per heavy atom. The zero-order valence-electron chi connectivity index (χ0n) is 42.5. The van der Waals surface area contributed by atoms with E-state index >= 15 is 0 Å². The number of hydrogen-bond acceptors (Lipinski definition) is 5. The second-order valence-corrected chi connectivity index (χ2v) is 18.9. The lowest BCUT2D eigenvalue weighted by atomic mass is 10.0. The number of allylic oxidation sites excluding steroid dienone is 7. The fraction of sp³-hybridized carbons (Fsp3) is 0.828.